The van der Waals surface area contributed by atoms with Crippen LogP contribution in [0.3, 0.4) is 0 Å². The fourth-order valence-electron chi connectivity index (χ4n) is 3.29. The van der Waals surface area contributed by atoms with Crippen LogP contribution in [0.1, 0.15) is 10.5 Å². The summed E-state index contributed by atoms with van der Waals surface area (Å²) in [6.07, 6.45) is 3.53. The number of amides is 1. The van der Waals surface area contributed by atoms with Crippen molar-refractivity contribution < 1.29 is 4.79 Å². The number of carbonyl (C=O) groups is 1. The van der Waals surface area contributed by atoms with E-state index >= 15 is 0 Å². The molecule has 29 heavy (non-hydrogen) atoms. The first kappa shape index (κ1) is 16.9. The minimum absolute atomic E-state index is 0.222. The summed E-state index contributed by atoms with van der Waals surface area (Å²) in [5, 5.41) is 10.9. The fraction of sp³-hybridized carbons (Fsp3) is 0. The van der Waals surface area contributed by atoms with E-state index < -0.39 is 0 Å². The molecular formula is C22H15N5O2. The molecule has 3 heterocycles. The molecule has 0 saturated heterocycles. The van der Waals surface area contributed by atoms with Crippen LogP contribution in [0.5, 0.6) is 0 Å². The van der Waals surface area contributed by atoms with Crippen molar-refractivity contribution in [2.75, 3.05) is 5.32 Å². The summed E-state index contributed by atoms with van der Waals surface area (Å²) in [6, 6.07) is 20.2. The smallest absolute Gasteiger partial charge is 0.275 e. The van der Waals surface area contributed by atoms with Gasteiger partial charge in [0.25, 0.3) is 11.5 Å². The van der Waals surface area contributed by atoms with E-state index in [2.05, 4.69) is 20.5 Å². The van der Waals surface area contributed by atoms with Crippen molar-refractivity contribution in [2.24, 2.45) is 0 Å². The molecule has 0 radical (unpaired) electrons. The highest BCUT2D eigenvalue weighted by Crippen LogP contribution is 2.25. The highest BCUT2D eigenvalue weighted by Gasteiger charge is 2.12. The molecule has 2 N–H and O–H groups in total. The molecule has 7 heteroatoms. The lowest BCUT2D eigenvalue weighted by Gasteiger charge is -2.07. The van der Waals surface area contributed by atoms with Crippen LogP contribution >= 0.6 is 0 Å². The maximum absolute atomic E-state index is 12.5. The quantitative estimate of drug-likeness (QED) is 0.500. The predicted octanol–water partition coefficient (Wildman–Crippen LogP) is 3.49. The molecule has 0 spiro atoms. The lowest BCUT2D eigenvalue weighted by Crippen LogP contribution is -2.12. The number of fused-ring (bicyclic) bond motifs is 2. The van der Waals surface area contributed by atoms with Crippen LogP contribution in [0.25, 0.3) is 27.7 Å². The zero-order valence-corrected chi connectivity index (χ0v) is 15.2. The van der Waals surface area contributed by atoms with Crippen molar-refractivity contribution in [3.8, 4) is 11.3 Å². The van der Waals surface area contributed by atoms with Gasteiger partial charge in [0.05, 0.1) is 11.1 Å². The Bertz CT molecular complexity index is 1380. The number of benzene rings is 2. The van der Waals surface area contributed by atoms with Crippen molar-refractivity contribution in [1.29, 1.82) is 0 Å². The molecule has 1 amide bonds. The molecule has 5 aromatic rings. The molecule has 3 aromatic heterocycles. The fourth-order valence-corrected chi connectivity index (χ4v) is 3.29. The highest BCUT2D eigenvalue weighted by atomic mass is 16.2. The van der Waals surface area contributed by atoms with Crippen LogP contribution in [-0.2, 0) is 0 Å². The third-order valence-electron chi connectivity index (χ3n) is 4.71. The number of carbonyl (C=O) groups excluding carboxylic acids is 1. The van der Waals surface area contributed by atoms with Gasteiger partial charge in [-0.15, -0.1) is 0 Å². The first-order chi connectivity index (χ1) is 14.2. The predicted molar refractivity (Wildman–Crippen MR) is 111 cm³/mol. The van der Waals surface area contributed by atoms with Crippen LogP contribution in [-0.4, -0.2) is 25.5 Å². The lowest BCUT2D eigenvalue weighted by molar-refractivity contribution is 0.102. The zero-order valence-electron chi connectivity index (χ0n) is 15.2. The van der Waals surface area contributed by atoms with Crippen LogP contribution in [0.15, 0.2) is 83.9 Å². The number of H-pyrrole nitrogens is 1. The molecule has 0 fully saturated rings. The number of aromatic amines is 1. The van der Waals surface area contributed by atoms with Crippen molar-refractivity contribution in [3.63, 3.8) is 0 Å². The maximum Gasteiger partial charge on any atom is 0.275 e. The van der Waals surface area contributed by atoms with Gasteiger partial charge in [-0.05, 0) is 30.3 Å². The monoisotopic (exact) mass is 381 g/mol. The lowest BCUT2D eigenvalue weighted by atomic mass is 10.0. The van der Waals surface area contributed by atoms with E-state index in [1.165, 1.54) is 0 Å². The van der Waals surface area contributed by atoms with Gasteiger partial charge in [-0.1, -0.05) is 36.4 Å². The van der Waals surface area contributed by atoms with Crippen molar-refractivity contribution >= 4 is 28.0 Å². The number of pyridine rings is 1. The zero-order chi connectivity index (χ0) is 19.8. The van der Waals surface area contributed by atoms with Gasteiger partial charge >= 0.3 is 0 Å². The molecule has 0 saturated carbocycles. The number of hydrogen-bond acceptors (Lipinski definition) is 4. The molecule has 2 aromatic carbocycles. The second-order valence-electron chi connectivity index (χ2n) is 6.57. The van der Waals surface area contributed by atoms with E-state index in [0.29, 0.717) is 28.1 Å². The molecule has 0 atom stereocenters. The van der Waals surface area contributed by atoms with E-state index in [4.69, 9.17) is 0 Å². The summed E-state index contributed by atoms with van der Waals surface area (Å²) in [5.74, 6) is -0.283. The van der Waals surface area contributed by atoms with E-state index in [1.54, 1.807) is 28.8 Å². The molecule has 5 rings (SSSR count). The molecule has 140 valence electrons. The van der Waals surface area contributed by atoms with Crippen LogP contribution < -0.4 is 10.9 Å². The largest absolute Gasteiger partial charge is 0.321 e. The minimum atomic E-state index is -0.283. The van der Waals surface area contributed by atoms with E-state index in [1.807, 2.05) is 54.7 Å². The van der Waals surface area contributed by atoms with Crippen molar-refractivity contribution in [1.82, 2.24) is 19.6 Å². The second-order valence-corrected chi connectivity index (χ2v) is 6.57. The topological polar surface area (TPSA) is 92.1 Å². The van der Waals surface area contributed by atoms with Gasteiger partial charge in [0.15, 0.2) is 0 Å². The summed E-state index contributed by atoms with van der Waals surface area (Å²) < 4.78 is 1.80. The van der Waals surface area contributed by atoms with Gasteiger partial charge in [-0.25, -0.2) is 10.1 Å². The summed E-state index contributed by atoms with van der Waals surface area (Å²) in [5.41, 5.74) is 2.99. The minimum Gasteiger partial charge on any atom is -0.321 e. The number of nitrogens with one attached hydrogen (secondary N) is 2. The summed E-state index contributed by atoms with van der Waals surface area (Å²) in [4.78, 5) is 28.8. The molecule has 0 aliphatic heterocycles. The Morgan fingerprint density at radius 3 is 2.48 bits per heavy atom. The Morgan fingerprint density at radius 1 is 0.931 bits per heavy atom. The summed E-state index contributed by atoms with van der Waals surface area (Å²) >= 11 is 0. The third kappa shape index (κ3) is 3.04. The molecule has 7 nitrogen and oxygen atoms in total. The first-order valence-corrected chi connectivity index (χ1v) is 9.02. The number of nitrogens with zero attached hydrogens (tertiary/aromatic N) is 3. The summed E-state index contributed by atoms with van der Waals surface area (Å²) in [7, 11) is 0. The number of rotatable bonds is 3. The Labute approximate surface area is 164 Å². The van der Waals surface area contributed by atoms with Gasteiger partial charge in [0.2, 0.25) is 0 Å². The van der Waals surface area contributed by atoms with E-state index in [0.717, 1.165) is 10.9 Å². The van der Waals surface area contributed by atoms with Crippen molar-refractivity contribution in [3.05, 3.63) is 95.2 Å². The van der Waals surface area contributed by atoms with Crippen molar-refractivity contribution in [2.45, 2.75) is 0 Å². The van der Waals surface area contributed by atoms with Gasteiger partial charge in [-0.2, -0.15) is 5.10 Å². The molecular weight excluding hydrogens is 366 g/mol. The van der Waals surface area contributed by atoms with E-state index in [9.17, 15) is 9.59 Å². The average molecular weight is 381 g/mol. The number of imidazole rings is 1. The third-order valence-corrected chi connectivity index (χ3v) is 4.71. The Balaban J connectivity index is 1.43. The Morgan fingerprint density at radius 2 is 1.69 bits per heavy atom. The Kier molecular flexibility index (Phi) is 3.91. The molecule has 0 bridgehead atoms. The highest BCUT2D eigenvalue weighted by molar-refractivity contribution is 6.03. The number of aromatic nitrogens is 4. The number of anilines is 1. The standard InChI is InChI=1S/C22H15N5O2/c28-21-17-6-2-1-5-16(17)20(25-26-21)14-8-10-15(11-9-14)23-22(29)18-13-27-12-4-3-7-19(27)24-18/h1-13H,(H,23,29)(H,26,28). The SMILES string of the molecule is O=C(Nc1ccc(-c2n[nH]c(=O)c3ccccc23)cc1)c1cn2ccccc2n1. The van der Waals surface area contributed by atoms with Crippen LogP contribution in [0, 0.1) is 0 Å². The second kappa shape index (κ2) is 6.72. The first-order valence-electron chi connectivity index (χ1n) is 9.02. The van der Waals surface area contributed by atoms with E-state index in [-0.39, 0.29) is 11.5 Å². The van der Waals surface area contributed by atoms with Gasteiger partial charge < -0.3 is 9.72 Å². The molecule has 0 aliphatic carbocycles. The number of hydrogen-bond donors (Lipinski definition) is 2. The maximum atomic E-state index is 12.5. The average Bonchev–Trinajstić information content (AvgIpc) is 3.20. The van der Waals surface area contributed by atoms with Gasteiger partial charge in [0, 0.05) is 29.0 Å². The molecule has 0 aliphatic rings. The van der Waals surface area contributed by atoms with Crippen LogP contribution in [0.2, 0.25) is 0 Å². The van der Waals surface area contributed by atoms with Gasteiger partial charge in [-0.3, -0.25) is 9.59 Å². The van der Waals surface area contributed by atoms with Crippen LogP contribution in [0.4, 0.5) is 5.69 Å². The normalized spacial score (nSPS) is 11.0. The van der Waals surface area contributed by atoms with Gasteiger partial charge in [0.1, 0.15) is 11.3 Å². The molecule has 0 unspecified atom stereocenters. The Hall–Kier alpha value is -4.26. The summed E-state index contributed by atoms with van der Waals surface area (Å²) in [6.45, 7) is 0.